The van der Waals surface area contributed by atoms with Crippen LogP contribution in [0.2, 0.25) is 5.15 Å². The monoisotopic (exact) mass is 239 g/mol. The minimum Gasteiger partial charge on any atom is -0.335 e. The molecule has 0 spiro atoms. The van der Waals surface area contributed by atoms with E-state index in [1.165, 1.54) is 0 Å². The minimum atomic E-state index is -0.0385. The van der Waals surface area contributed by atoms with E-state index in [0.29, 0.717) is 10.8 Å². The molecule has 0 radical (unpaired) electrons. The van der Waals surface area contributed by atoms with Crippen molar-refractivity contribution < 1.29 is 4.79 Å². The summed E-state index contributed by atoms with van der Waals surface area (Å²) in [5, 5.41) is 3.60. The molecule has 0 unspecified atom stereocenters. The fraction of sp³-hybridized carbons (Fsp3) is 0.455. The molecule has 1 aliphatic rings. The van der Waals surface area contributed by atoms with E-state index in [-0.39, 0.29) is 5.91 Å². The molecule has 0 bridgehead atoms. The zero-order chi connectivity index (χ0) is 11.5. The molecule has 1 amide bonds. The Bertz CT molecular complexity index is 402. The summed E-state index contributed by atoms with van der Waals surface area (Å²) in [6.07, 6.45) is 0. The Kier molecular flexibility index (Phi) is 3.41. The van der Waals surface area contributed by atoms with Gasteiger partial charge in [-0.05, 0) is 18.6 Å². The Labute approximate surface area is 99.6 Å². The van der Waals surface area contributed by atoms with Crippen molar-refractivity contribution in [2.75, 3.05) is 26.2 Å². The van der Waals surface area contributed by atoms with E-state index in [4.69, 9.17) is 11.6 Å². The van der Waals surface area contributed by atoms with Gasteiger partial charge in [0.25, 0.3) is 5.91 Å². The summed E-state index contributed by atoms with van der Waals surface area (Å²) in [6.45, 7) is 5.00. The molecule has 1 aliphatic heterocycles. The number of carbonyl (C=O) groups is 1. The molecule has 0 atom stereocenters. The summed E-state index contributed by atoms with van der Waals surface area (Å²) in [7, 11) is 0. The van der Waals surface area contributed by atoms with E-state index in [1.807, 2.05) is 13.0 Å². The van der Waals surface area contributed by atoms with Crippen molar-refractivity contribution in [3.05, 3.63) is 28.5 Å². The second-order valence-corrected chi connectivity index (χ2v) is 4.20. The highest BCUT2D eigenvalue weighted by Crippen LogP contribution is 2.13. The number of amides is 1. The van der Waals surface area contributed by atoms with Crippen LogP contribution in [0.25, 0.3) is 0 Å². The standard InChI is InChI=1S/C11H14ClN3O/c1-8-2-3-9(14-10(8)12)11(16)15-6-4-13-5-7-15/h2-3,13H,4-7H2,1H3. The van der Waals surface area contributed by atoms with Gasteiger partial charge in [0.15, 0.2) is 0 Å². The molecule has 0 aromatic carbocycles. The summed E-state index contributed by atoms with van der Waals surface area (Å²) in [5.41, 5.74) is 1.32. The lowest BCUT2D eigenvalue weighted by atomic mass is 10.2. The largest absolute Gasteiger partial charge is 0.335 e. The molecule has 1 aromatic heterocycles. The topological polar surface area (TPSA) is 45.2 Å². The highest BCUT2D eigenvalue weighted by molar-refractivity contribution is 6.30. The molecule has 4 nitrogen and oxygen atoms in total. The maximum atomic E-state index is 12.0. The van der Waals surface area contributed by atoms with E-state index in [1.54, 1.807) is 11.0 Å². The second-order valence-electron chi connectivity index (χ2n) is 3.85. The number of halogens is 1. The number of rotatable bonds is 1. The van der Waals surface area contributed by atoms with E-state index >= 15 is 0 Å². The van der Waals surface area contributed by atoms with Crippen LogP contribution in [0, 0.1) is 6.92 Å². The second kappa shape index (κ2) is 4.80. The number of hydrogen-bond donors (Lipinski definition) is 1. The van der Waals surface area contributed by atoms with Crippen LogP contribution >= 0.6 is 11.6 Å². The summed E-state index contributed by atoms with van der Waals surface area (Å²) < 4.78 is 0. The number of hydrogen-bond acceptors (Lipinski definition) is 3. The van der Waals surface area contributed by atoms with Crippen LogP contribution in [0.5, 0.6) is 0 Å². The maximum Gasteiger partial charge on any atom is 0.272 e. The molecule has 0 aliphatic carbocycles. The summed E-state index contributed by atoms with van der Waals surface area (Å²) in [6, 6.07) is 3.55. The van der Waals surface area contributed by atoms with Crippen molar-refractivity contribution in [1.29, 1.82) is 0 Å². The highest BCUT2D eigenvalue weighted by Gasteiger charge is 2.19. The Hall–Kier alpha value is -1.13. The lowest BCUT2D eigenvalue weighted by Gasteiger charge is -2.27. The van der Waals surface area contributed by atoms with Gasteiger partial charge in [0.2, 0.25) is 0 Å². The molecule has 1 aromatic rings. The predicted octanol–water partition coefficient (Wildman–Crippen LogP) is 1.09. The Morgan fingerprint density at radius 1 is 1.44 bits per heavy atom. The molecule has 1 fully saturated rings. The van der Waals surface area contributed by atoms with Gasteiger partial charge >= 0.3 is 0 Å². The molecule has 16 heavy (non-hydrogen) atoms. The Morgan fingerprint density at radius 3 is 2.75 bits per heavy atom. The van der Waals surface area contributed by atoms with Crippen molar-refractivity contribution in [1.82, 2.24) is 15.2 Å². The summed E-state index contributed by atoms with van der Waals surface area (Å²) in [5.74, 6) is -0.0385. The molecule has 86 valence electrons. The van der Waals surface area contributed by atoms with E-state index in [9.17, 15) is 4.79 Å². The normalized spacial score (nSPS) is 16.2. The quantitative estimate of drug-likeness (QED) is 0.747. The van der Waals surface area contributed by atoms with Gasteiger partial charge in [-0.15, -0.1) is 0 Å². The number of carbonyl (C=O) groups excluding carboxylic acids is 1. The van der Waals surface area contributed by atoms with E-state index in [0.717, 1.165) is 31.7 Å². The van der Waals surface area contributed by atoms with Gasteiger partial charge in [0.05, 0.1) is 0 Å². The number of pyridine rings is 1. The molecular formula is C11H14ClN3O. The first kappa shape index (κ1) is 11.4. The number of aromatic nitrogens is 1. The van der Waals surface area contributed by atoms with E-state index in [2.05, 4.69) is 10.3 Å². The lowest BCUT2D eigenvalue weighted by molar-refractivity contribution is 0.0730. The number of aryl methyl sites for hydroxylation is 1. The van der Waals surface area contributed by atoms with Crippen molar-refractivity contribution >= 4 is 17.5 Å². The van der Waals surface area contributed by atoms with Gasteiger partial charge in [0, 0.05) is 26.2 Å². The van der Waals surface area contributed by atoms with Crippen LogP contribution < -0.4 is 5.32 Å². The van der Waals surface area contributed by atoms with Gasteiger partial charge in [-0.3, -0.25) is 4.79 Å². The SMILES string of the molecule is Cc1ccc(C(=O)N2CCNCC2)nc1Cl. The molecule has 1 saturated heterocycles. The zero-order valence-corrected chi connectivity index (χ0v) is 9.92. The molecular weight excluding hydrogens is 226 g/mol. The van der Waals surface area contributed by atoms with E-state index < -0.39 is 0 Å². The van der Waals surface area contributed by atoms with Crippen LogP contribution in [-0.2, 0) is 0 Å². The van der Waals surface area contributed by atoms with Gasteiger partial charge in [-0.25, -0.2) is 4.98 Å². The third kappa shape index (κ3) is 2.33. The molecule has 0 saturated carbocycles. The van der Waals surface area contributed by atoms with Crippen LogP contribution in [-0.4, -0.2) is 42.0 Å². The average Bonchev–Trinajstić information content (AvgIpc) is 2.33. The predicted molar refractivity (Wildman–Crippen MR) is 62.8 cm³/mol. The molecule has 5 heteroatoms. The zero-order valence-electron chi connectivity index (χ0n) is 9.16. The van der Waals surface area contributed by atoms with Crippen molar-refractivity contribution in [2.24, 2.45) is 0 Å². The first-order valence-electron chi connectivity index (χ1n) is 5.31. The van der Waals surface area contributed by atoms with Crippen LogP contribution in [0.3, 0.4) is 0 Å². The van der Waals surface area contributed by atoms with Gasteiger partial charge < -0.3 is 10.2 Å². The van der Waals surface area contributed by atoms with Crippen LogP contribution in [0.4, 0.5) is 0 Å². The third-order valence-corrected chi connectivity index (χ3v) is 3.04. The summed E-state index contributed by atoms with van der Waals surface area (Å²) >= 11 is 5.90. The first-order chi connectivity index (χ1) is 7.68. The van der Waals surface area contributed by atoms with Gasteiger partial charge in [-0.2, -0.15) is 0 Å². The van der Waals surface area contributed by atoms with Gasteiger partial charge in [-0.1, -0.05) is 17.7 Å². The van der Waals surface area contributed by atoms with Crippen LogP contribution in [0.15, 0.2) is 12.1 Å². The van der Waals surface area contributed by atoms with Gasteiger partial charge in [0.1, 0.15) is 10.8 Å². The van der Waals surface area contributed by atoms with Crippen molar-refractivity contribution in [3.8, 4) is 0 Å². The van der Waals surface area contributed by atoms with Crippen molar-refractivity contribution in [3.63, 3.8) is 0 Å². The fourth-order valence-corrected chi connectivity index (χ4v) is 1.81. The lowest BCUT2D eigenvalue weighted by Crippen LogP contribution is -2.46. The Morgan fingerprint density at radius 2 is 2.12 bits per heavy atom. The molecule has 2 rings (SSSR count). The fourth-order valence-electron chi connectivity index (χ4n) is 1.65. The number of piperazine rings is 1. The summed E-state index contributed by atoms with van der Waals surface area (Å²) in [4.78, 5) is 17.9. The maximum absolute atomic E-state index is 12.0. The average molecular weight is 240 g/mol. The third-order valence-electron chi connectivity index (χ3n) is 2.66. The highest BCUT2D eigenvalue weighted by atomic mass is 35.5. The minimum absolute atomic E-state index is 0.0385. The molecule has 1 N–H and O–H groups in total. The first-order valence-corrected chi connectivity index (χ1v) is 5.69. The number of nitrogens with one attached hydrogen (secondary N) is 1. The Balaban J connectivity index is 2.16. The van der Waals surface area contributed by atoms with Crippen LogP contribution in [0.1, 0.15) is 16.1 Å². The smallest absolute Gasteiger partial charge is 0.272 e. The molecule has 2 heterocycles. The number of nitrogens with zero attached hydrogens (tertiary/aromatic N) is 2. The van der Waals surface area contributed by atoms with Crippen molar-refractivity contribution in [2.45, 2.75) is 6.92 Å².